The lowest BCUT2D eigenvalue weighted by molar-refractivity contribution is 0.178. The molecule has 2 aromatic carbocycles. The van der Waals surface area contributed by atoms with Crippen molar-refractivity contribution in [3.05, 3.63) is 60.2 Å². The summed E-state index contributed by atoms with van der Waals surface area (Å²) in [7, 11) is 0. The molecule has 0 spiro atoms. The molecule has 82 valence electrons. The summed E-state index contributed by atoms with van der Waals surface area (Å²) in [6.07, 6.45) is 0.181. The van der Waals surface area contributed by atoms with Crippen LogP contribution in [0.15, 0.2) is 54.6 Å². The summed E-state index contributed by atoms with van der Waals surface area (Å²) in [6, 6.07) is 14.2. The lowest BCUT2D eigenvalue weighted by Gasteiger charge is -2.11. The SMILES string of the molecule is C=C(C)CC(O)c1ccc2ccccc2c1. The van der Waals surface area contributed by atoms with Crippen LogP contribution in [0.2, 0.25) is 0 Å². The summed E-state index contributed by atoms with van der Waals surface area (Å²) < 4.78 is 0. The Balaban J connectivity index is 2.35. The smallest absolute Gasteiger partial charge is 0.0827 e. The van der Waals surface area contributed by atoms with Gasteiger partial charge in [0, 0.05) is 0 Å². The summed E-state index contributed by atoms with van der Waals surface area (Å²) in [5.74, 6) is 0. The van der Waals surface area contributed by atoms with Gasteiger partial charge in [0.05, 0.1) is 6.10 Å². The summed E-state index contributed by atoms with van der Waals surface area (Å²) in [4.78, 5) is 0. The van der Waals surface area contributed by atoms with E-state index in [2.05, 4.69) is 18.7 Å². The van der Waals surface area contributed by atoms with Crippen molar-refractivity contribution < 1.29 is 5.11 Å². The molecule has 0 bridgehead atoms. The van der Waals surface area contributed by atoms with Gasteiger partial charge in [-0.3, -0.25) is 0 Å². The first-order valence-corrected chi connectivity index (χ1v) is 5.48. The van der Waals surface area contributed by atoms with Gasteiger partial charge >= 0.3 is 0 Å². The van der Waals surface area contributed by atoms with Crippen LogP contribution in [0.3, 0.4) is 0 Å². The highest BCUT2D eigenvalue weighted by atomic mass is 16.3. The van der Waals surface area contributed by atoms with E-state index in [-0.39, 0.29) is 0 Å². The fraction of sp³-hybridized carbons (Fsp3) is 0.200. The van der Waals surface area contributed by atoms with Crippen LogP contribution in [0.4, 0.5) is 0 Å². The summed E-state index contributed by atoms with van der Waals surface area (Å²) in [6.45, 7) is 5.76. The fourth-order valence-corrected chi connectivity index (χ4v) is 1.86. The molecule has 0 aliphatic rings. The van der Waals surface area contributed by atoms with Crippen molar-refractivity contribution in [1.29, 1.82) is 0 Å². The second kappa shape index (κ2) is 4.50. The highest BCUT2D eigenvalue weighted by Gasteiger charge is 2.07. The zero-order valence-corrected chi connectivity index (χ0v) is 9.48. The Bertz CT molecular complexity index is 514. The monoisotopic (exact) mass is 212 g/mol. The van der Waals surface area contributed by atoms with Crippen LogP contribution < -0.4 is 0 Å². The molecule has 0 amide bonds. The normalized spacial score (nSPS) is 12.6. The summed E-state index contributed by atoms with van der Waals surface area (Å²) >= 11 is 0. The van der Waals surface area contributed by atoms with Gasteiger partial charge in [0.1, 0.15) is 0 Å². The zero-order valence-electron chi connectivity index (χ0n) is 9.48. The van der Waals surface area contributed by atoms with Crippen LogP contribution in [0.1, 0.15) is 25.0 Å². The van der Waals surface area contributed by atoms with E-state index in [9.17, 15) is 5.11 Å². The van der Waals surface area contributed by atoms with Gasteiger partial charge in [-0.05, 0) is 35.7 Å². The topological polar surface area (TPSA) is 20.2 Å². The maximum absolute atomic E-state index is 9.99. The number of rotatable bonds is 3. The van der Waals surface area contributed by atoms with Gasteiger partial charge in [-0.2, -0.15) is 0 Å². The molecular weight excluding hydrogens is 196 g/mol. The van der Waals surface area contributed by atoms with Crippen molar-refractivity contribution in [2.75, 3.05) is 0 Å². The molecule has 0 radical (unpaired) electrons. The lowest BCUT2D eigenvalue weighted by atomic mass is 10.00. The fourth-order valence-electron chi connectivity index (χ4n) is 1.86. The van der Waals surface area contributed by atoms with E-state index in [1.807, 2.05) is 37.3 Å². The van der Waals surface area contributed by atoms with Crippen LogP contribution in [0.25, 0.3) is 10.8 Å². The molecule has 1 atom stereocenters. The van der Waals surface area contributed by atoms with Crippen LogP contribution in [-0.2, 0) is 0 Å². The second-order valence-corrected chi connectivity index (χ2v) is 4.28. The largest absolute Gasteiger partial charge is 0.388 e. The summed E-state index contributed by atoms with van der Waals surface area (Å²) in [5, 5.41) is 12.4. The first-order chi connectivity index (χ1) is 7.66. The molecule has 16 heavy (non-hydrogen) atoms. The average molecular weight is 212 g/mol. The summed E-state index contributed by atoms with van der Waals surface area (Å²) in [5.41, 5.74) is 1.96. The minimum atomic E-state index is -0.442. The number of fused-ring (bicyclic) bond motifs is 1. The molecule has 0 heterocycles. The van der Waals surface area contributed by atoms with Crippen LogP contribution in [0.5, 0.6) is 0 Å². The third-order valence-corrected chi connectivity index (χ3v) is 2.70. The highest BCUT2D eigenvalue weighted by Crippen LogP contribution is 2.24. The molecule has 0 saturated carbocycles. The van der Waals surface area contributed by atoms with Gasteiger partial charge in [0.15, 0.2) is 0 Å². The predicted molar refractivity (Wildman–Crippen MR) is 68.3 cm³/mol. The van der Waals surface area contributed by atoms with Gasteiger partial charge in [-0.25, -0.2) is 0 Å². The Morgan fingerprint density at radius 3 is 2.56 bits per heavy atom. The van der Waals surface area contributed by atoms with Crippen molar-refractivity contribution in [2.24, 2.45) is 0 Å². The van der Waals surface area contributed by atoms with Crippen molar-refractivity contribution >= 4 is 10.8 Å². The van der Waals surface area contributed by atoms with E-state index in [4.69, 9.17) is 0 Å². The van der Waals surface area contributed by atoms with Crippen LogP contribution in [-0.4, -0.2) is 5.11 Å². The molecule has 1 heteroatoms. The third-order valence-electron chi connectivity index (χ3n) is 2.70. The predicted octanol–water partition coefficient (Wildman–Crippen LogP) is 3.84. The highest BCUT2D eigenvalue weighted by molar-refractivity contribution is 5.83. The van der Waals surface area contributed by atoms with Crippen LogP contribution in [0, 0.1) is 0 Å². The van der Waals surface area contributed by atoms with E-state index >= 15 is 0 Å². The first-order valence-electron chi connectivity index (χ1n) is 5.48. The molecule has 0 aliphatic heterocycles. The second-order valence-electron chi connectivity index (χ2n) is 4.28. The van der Waals surface area contributed by atoms with E-state index < -0.39 is 6.10 Å². The molecule has 1 nitrogen and oxygen atoms in total. The molecule has 2 aromatic rings. The van der Waals surface area contributed by atoms with Crippen molar-refractivity contribution in [3.8, 4) is 0 Å². The number of hydrogen-bond donors (Lipinski definition) is 1. The third kappa shape index (κ3) is 2.31. The standard InChI is InChI=1S/C15H16O/c1-11(2)9-15(16)14-8-7-12-5-3-4-6-13(12)10-14/h3-8,10,15-16H,1,9H2,2H3. The minimum absolute atomic E-state index is 0.442. The number of benzene rings is 2. The quantitative estimate of drug-likeness (QED) is 0.766. The van der Waals surface area contributed by atoms with E-state index in [0.717, 1.165) is 11.1 Å². The zero-order chi connectivity index (χ0) is 11.5. The van der Waals surface area contributed by atoms with Crippen molar-refractivity contribution in [1.82, 2.24) is 0 Å². The number of aliphatic hydroxyl groups is 1. The Hall–Kier alpha value is -1.60. The Morgan fingerprint density at radius 1 is 1.19 bits per heavy atom. The van der Waals surface area contributed by atoms with Gasteiger partial charge in [0.2, 0.25) is 0 Å². The van der Waals surface area contributed by atoms with E-state index in [0.29, 0.717) is 6.42 Å². The average Bonchev–Trinajstić information content (AvgIpc) is 2.27. The Labute approximate surface area is 96.0 Å². The Kier molecular flexibility index (Phi) is 3.07. The number of aliphatic hydroxyl groups excluding tert-OH is 1. The molecule has 0 aliphatic carbocycles. The van der Waals surface area contributed by atoms with Gasteiger partial charge in [0.25, 0.3) is 0 Å². The van der Waals surface area contributed by atoms with E-state index in [1.165, 1.54) is 10.8 Å². The van der Waals surface area contributed by atoms with Crippen LogP contribution >= 0.6 is 0 Å². The molecule has 0 aromatic heterocycles. The molecule has 0 saturated heterocycles. The lowest BCUT2D eigenvalue weighted by Crippen LogP contribution is -1.97. The molecule has 1 N–H and O–H groups in total. The molecule has 0 fully saturated rings. The number of hydrogen-bond acceptors (Lipinski definition) is 1. The van der Waals surface area contributed by atoms with Gasteiger partial charge in [-0.1, -0.05) is 42.0 Å². The molecule has 1 unspecified atom stereocenters. The van der Waals surface area contributed by atoms with E-state index in [1.54, 1.807) is 0 Å². The maximum Gasteiger partial charge on any atom is 0.0827 e. The Morgan fingerprint density at radius 2 is 1.88 bits per heavy atom. The van der Waals surface area contributed by atoms with Gasteiger partial charge < -0.3 is 5.11 Å². The minimum Gasteiger partial charge on any atom is -0.388 e. The van der Waals surface area contributed by atoms with Crippen molar-refractivity contribution in [2.45, 2.75) is 19.4 Å². The molecule has 2 rings (SSSR count). The molecular formula is C15H16O. The first kappa shape index (κ1) is 10.9. The van der Waals surface area contributed by atoms with Gasteiger partial charge in [-0.15, -0.1) is 6.58 Å². The van der Waals surface area contributed by atoms with Crippen molar-refractivity contribution in [3.63, 3.8) is 0 Å². The maximum atomic E-state index is 9.99.